The zero-order valence-electron chi connectivity index (χ0n) is 12.2. The highest BCUT2D eigenvalue weighted by atomic mass is 35.5. The summed E-state index contributed by atoms with van der Waals surface area (Å²) < 4.78 is 0. The number of rotatable bonds is 8. The lowest BCUT2D eigenvalue weighted by atomic mass is 10.1. The number of nitrogens with zero attached hydrogens (tertiary/aromatic N) is 1. The van der Waals surface area contributed by atoms with Crippen LogP contribution in [-0.4, -0.2) is 18.3 Å². The molecular formula is C16H20ClN3O. The molecule has 0 saturated heterocycles. The zero-order valence-corrected chi connectivity index (χ0v) is 12.9. The standard InChI is InChI=1S/C16H20ClN3O/c1-2-3-4-13-5-7-15(8-6-13)20-16(21)14(11-18)12-19-10-9-17/h5-8,12,19H,2-4,9-10H2,1H3,(H,20,21)/b14-12-. The Hall–Kier alpha value is -1.99. The van der Waals surface area contributed by atoms with E-state index in [4.69, 9.17) is 16.9 Å². The van der Waals surface area contributed by atoms with Gasteiger partial charge in [0.25, 0.3) is 5.91 Å². The van der Waals surface area contributed by atoms with Gasteiger partial charge in [-0.1, -0.05) is 25.5 Å². The van der Waals surface area contributed by atoms with Crippen LogP contribution in [0, 0.1) is 11.3 Å². The lowest BCUT2D eigenvalue weighted by molar-refractivity contribution is -0.112. The summed E-state index contributed by atoms with van der Waals surface area (Å²) in [5.41, 5.74) is 1.95. The number of unbranched alkanes of at least 4 members (excludes halogenated alkanes) is 1. The highest BCUT2D eigenvalue weighted by molar-refractivity contribution is 6.18. The van der Waals surface area contributed by atoms with Crippen LogP contribution in [0.15, 0.2) is 36.0 Å². The molecule has 4 nitrogen and oxygen atoms in total. The topological polar surface area (TPSA) is 64.9 Å². The maximum Gasteiger partial charge on any atom is 0.267 e. The lowest BCUT2D eigenvalue weighted by Gasteiger charge is -2.06. The third kappa shape index (κ3) is 6.33. The molecule has 0 atom stereocenters. The third-order valence-electron chi connectivity index (χ3n) is 2.88. The van der Waals surface area contributed by atoms with Crippen LogP contribution in [0.4, 0.5) is 5.69 Å². The smallest absolute Gasteiger partial charge is 0.267 e. The minimum absolute atomic E-state index is 0.0233. The number of alkyl halides is 1. The molecular weight excluding hydrogens is 286 g/mol. The number of nitrogens with one attached hydrogen (secondary N) is 2. The molecule has 1 aromatic carbocycles. The molecule has 1 rings (SSSR count). The summed E-state index contributed by atoms with van der Waals surface area (Å²) in [5, 5.41) is 14.5. The number of carbonyl (C=O) groups excluding carboxylic acids is 1. The van der Waals surface area contributed by atoms with Gasteiger partial charge in [-0.05, 0) is 30.5 Å². The van der Waals surface area contributed by atoms with Crippen LogP contribution in [0.3, 0.4) is 0 Å². The molecule has 0 aliphatic rings. The van der Waals surface area contributed by atoms with E-state index in [2.05, 4.69) is 17.6 Å². The summed E-state index contributed by atoms with van der Waals surface area (Å²) in [6, 6.07) is 9.55. The van der Waals surface area contributed by atoms with Gasteiger partial charge in [0, 0.05) is 24.3 Å². The minimum Gasteiger partial charge on any atom is -0.388 e. The second-order valence-corrected chi connectivity index (χ2v) is 4.95. The summed E-state index contributed by atoms with van der Waals surface area (Å²) in [5.74, 6) is -0.0170. The average molecular weight is 306 g/mol. The number of anilines is 1. The predicted molar refractivity (Wildman–Crippen MR) is 86.1 cm³/mol. The minimum atomic E-state index is -0.430. The van der Waals surface area contributed by atoms with Crippen LogP contribution < -0.4 is 10.6 Å². The van der Waals surface area contributed by atoms with Crippen molar-refractivity contribution in [1.29, 1.82) is 5.26 Å². The Morgan fingerprint density at radius 1 is 1.38 bits per heavy atom. The first kappa shape index (κ1) is 17.1. The van der Waals surface area contributed by atoms with Gasteiger partial charge in [-0.3, -0.25) is 4.79 Å². The van der Waals surface area contributed by atoms with Crippen molar-refractivity contribution in [3.63, 3.8) is 0 Å². The van der Waals surface area contributed by atoms with Crippen molar-refractivity contribution in [1.82, 2.24) is 5.32 Å². The van der Waals surface area contributed by atoms with Crippen molar-refractivity contribution in [3.05, 3.63) is 41.6 Å². The number of hydrogen-bond acceptors (Lipinski definition) is 3. The molecule has 0 aliphatic heterocycles. The Bertz CT molecular complexity index is 517. The number of amides is 1. The van der Waals surface area contributed by atoms with Gasteiger partial charge < -0.3 is 10.6 Å². The molecule has 1 amide bonds. The quantitative estimate of drug-likeness (QED) is 0.335. The van der Waals surface area contributed by atoms with Crippen molar-refractivity contribution < 1.29 is 4.79 Å². The van der Waals surface area contributed by atoms with Gasteiger partial charge in [-0.25, -0.2) is 0 Å². The van der Waals surface area contributed by atoms with E-state index in [0.29, 0.717) is 18.1 Å². The van der Waals surface area contributed by atoms with E-state index in [0.717, 1.165) is 19.3 Å². The van der Waals surface area contributed by atoms with Gasteiger partial charge in [0.15, 0.2) is 0 Å². The fourth-order valence-electron chi connectivity index (χ4n) is 1.71. The number of hydrogen-bond donors (Lipinski definition) is 2. The van der Waals surface area contributed by atoms with Gasteiger partial charge in [0.2, 0.25) is 0 Å². The third-order valence-corrected chi connectivity index (χ3v) is 3.07. The van der Waals surface area contributed by atoms with Crippen LogP contribution >= 0.6 is 11.6 Å². The predicted octanol–water partition coefficient (Wildman–Crippen LogP) is 3.20. The monoisotopic (exact) mass is 305 g/mol. The van der Waals surface area contributed by atoms with Crippen LogP contribution in [-0.2, 0) is 11.2 Å². The normalized spacial score (nSPS) is 10.8. The fraction of sp³-hybridized carbons (Fsp3) is 0.375. The van der Waals surface area contributed by atoms with E-state index in [1.165, 1.54) is 11.8 Å². The molecule has 0 bridgehead atoms. The summed E-state index contributed by atoms with van der Waals surface area (Å²) in [4.78, 5) is 11.9. The molecule has 1 aromatic rings. The Morgan fingerprint density at radius 3 is 2.67 bits per heavy atom. The molecule has 2 N–H and O–H groups in total. The SMILES string of the molecule is CCCCc1ccc(NC(=O)/C(C#N)=C\NCCCl)cc1. The largest absolute Gasteiger partial charge is 0.388 e. The summed E-state index contributed by atoms with van der Waals surface area (Å²) in [7, 11) is 0. The molecule has 0 spiro atoms. The number of aryl methyl sites for hydroxylation is 1. The van der Waals surface area contributed by atoms with Crippen molar-refractivity contribution in [3.8, 4) is 6.07 Å². The molecule has 21 heavy (non-hydrogen) atoms. The van der Waals surface area contributed by atoms with Gasteiger partial charge in [-0.15, -0.1) is 11.6 Å². The van der Waals surface area contributed by atoms with E-state index in [1.54, 1.807) is 0 Å². The van der Waals surface area contributed by atoms with Gasteiger partial charge in [0.1, 0.15) is 11.6 Å². The van der Waals surface area contributed by atoms with Crippen LogP contribution in [0.5, 0.6) is 0 Å². The van der Waals surface area contributed by atoms with E-state index in [1.807, 2.05) is 30.3 Å². The molecule has 112 valence electrons. The van der Waals surface area contributed by atoms with Crippen molar-refractivity contribution in [2.24, 2.45) is 0 Å². The van der Waals surface area contributed by atoms with Crippen LogP contribution in [0.2, 0.25) is 0 Å². The van der Waals surface area contributed by atoms with E-state index in [9.17, 15) is 4.79 Å². The highest BCUT2D eigenvalue weighted by Gasteiger charge is 2.08. The van der Waals surface area contributed by atoms with Gasteiger partial charge in [-0.2, -0.15) is 5.26 Å². The Morgan fingerprint density at radius 2 is 2.10 bits per heavy atom. The Balaban J connectivity index is 2.61. The number of halogens is 1. The molecule has 0 unspecified atom stereocenters. The maximum absolute atomic E-state index is 11.9. The Labute approximate surface area is 130 Å². The maximum atomic E-state index is 11.9. The Kier molecular flexibility index (Phi) is 8.00. The van der Waals surface area contributed by atoms with Crippen molar-refractivity contribution in [2.45, 2.75) is 26.2 Å². The molecule has 5 heteroatoms. The van der Waals surface area contributed by atoms with E-state index >= 15 is 0 Å². The van der Waals surface area contributed by atoms with Crippen molar-refractivity contribution in [2.75, 3.05) is 17.7 Å². The summed E-state index contributed by atoms with van der Waals surface area (Å²) in [6.07, 6.45) is 4.73. The second-order valence-electron chi connectivity index (χ2n) is 4.57. The van der Waals surface area contributed by atoms with Crippen LogP contribution in [0.1, 0.15) is 25.3 Å². The lowest BCUT2D eigenvalue weighted by Crippen LogP contribution is -2.17. The fourth-order valence-corrected chi connectivity index (χ4v) is 1.82. The first-order chi connectivity index (χ1) is 10.2. The molecule has 0 radical (unpaired) electrons. The highest BCUT2D eigenvalue weighted by Crippen LogP contribution is 2.12. The van der Waals surface area contributed by atoms with E-state index < -0.39 is 5.91 Å². The molecule has 0 aromatic heterocycles. The molecule has 0 heterocycles. The first-order valence-electron chi connectivity index (χ1n) is 7.01. The zero-order chi connectivity index (χ0) is 15.5. The van der Waals surface area contributed by atoms with Crippen LogP contribution in [0.25, 0.3) is 0 Å². The second kappa shape index (κ2) is 9.84. The summed E-state index contributed by atoms with van der Waals surface area (Å²) in [6.45, 7) is 2.66. The molecule has 0 saturated carbocycles. The molecule has 0 aliphatic carbocycles. The number of carbonyl (C=O) groups is 1. The van der Waals surface area contributed by atoms with Gasteiger partial charge >= 0.3 is 0 Å². The summed E-state index contributed by atoms with van der Waals surface area (Å²) >= 11 is 5.51. The first-order valence-corrected chi connectivity index (χ1v) is 7.54. The van der Waals surface area contributed by atoms with Gasteiger partial charge in [0.05, 0.1) is 0 Å². The van der Waals surface area contributed by atoms with Crippen molar-refractivity contribution >= 4 is 23.2 Å². The molecule has 0 fully saturated rings. The average Bonchev–Trinajstić information content (AvgIpc) is 2.51. The number of nitriles is 1. The van der Waals surface area contributed by atoms with E-state index in [-0.39, 0.29) is 5.57 Å². The number of benzene rings is 1.